The highest BCUT2D eigenvalue weighted by Gasteiger charge is 2.08. The van der Waals surface area contributed by atoms with Crippen LogP contribution in [0.2, 0.25) is 5.02 Å². The van der Waals surface area contributed by atoms with Crippen molar-refractivity contribution in [2.75, 3.05) is 20.2 Å². The van der Waals surface area contributed by atoms with Crippen molar-refractivity contribution < 1.29 is 4.74 Å². The van der Waals surface area contributed by atoms with Crippen molar-refractivity contribution >= 4 is 11.6 Å². The molecular weight excluding hydrogens is 234 g/mol. The first kappa shape index (κ1) is 14.3. The molecule has 0 saturated carbocycles. The van der Waals surface area contributed by atoms with E-state index in [1.807, 2.05) is 18.2 Å². The van der Waals surface area contributed by atoms with Crippen LogP contribution in [0.25, 0.3) is 0 Å². The maximum absolute atomic E-state index is 6.01. The minimum Gasteiger partial charge on any atom is -0.496 e. The zero-order valence-electron chi connectivity index (χ0n) is 10.9. The highest BCUT2D eigenvalue weighted by atomic mass is 35.5. The van der Waals surface area contributed by atoms with Crippen LogP contribution in [-0.4, -0.2) is 20.2 Å². The molecule has 0 heterocycles. The molecule has 0 amide bonds. The molecule has 0 aliphatic carbocycles. The summed E-state index contributed by atoms with van der Waals surface area (Å²) in [7, 11) is 1.70. The summed E-state index contributed by atoms with van der Waals surface area (Å²) >= 11 is 6.01. The predicted molar refractivity (Wildman–Crippen MR) is 74.0 cm³/mol. The number of nitrogens with one attached hydrogen (secondary N) is 1. The van der Waals surface area contributed by atoms with Crippen LogP contribution in [-0.2, 0) is 6.42 Å². The van der Waals surface area contributed by atoms with Crippen LogP contribution in [0.3, 0.4) is 0 Å². The van der Waals surface area contributed by atoms with Gasteiger partial charge in [-0.15, -0.1) is 0 Å². The zero-order valence-corrected chi connectivity index (χ0v) is 11.7. The Morgan fingerprint density at radius 1 is 1.41 bits per heavy atom. The number of ether oxygens (including phenoxy) is 1. The third-order valence-corrected chi connectivity index (χ3v) is 2.97. The predicted octanol–water partition coefficient (Wildman–Crippen LogP) is 3.53. The van der Waals surface area contributed by atoms with Gasteiger partial charge in [0.15, 0.2) is 0 Å². The summed E-state index contributed by atoms with van der Waals surface area (Å²) in [5, 5.41) is 4.21. The number of hydrogen-bond donors (Lipinski definition) is 1. The Hall–Kier alpha value is -0.730. The minimum atomic E-state index is 0.578. The highest BCUT2D eigenvalue weighted by Crippen LogP contribution is 2.24. The van der Waals surface area contributed by atoms with Gasteiger partial charge >= 0.3 is 0 Å². The quantitative estimate of drug-likeness (QED) is 0.753. The topological polar surface area (TPSA) is 21.3 Å². The van der Waals surface area contributed by atoms with E-state index >= 15 is 0 Å². The molecule has 17 heavy (non-hydrogen) atoms. The Balaban J connectivity index is 2.57. The molecule has 1 unspecified atom stereocenters. The number of benzene rings is 1. The molecule has 0 fully saturated rings. The van der Waals surface area contributed by atoms with Gasteiger partial charge in [-0.3, -0.25) is 0 Å². The Bertz CT molecular complexity index is 341. The summed E-state index contributed by atoms with van der Waals surface area (Å²) in [5.74, 6) is 1.51. The van der Waals surface area contributed by atoms with E-state index < -0.39 is 0 Å². The van der Waals surface area contributed by atoms with Crippen molar-refractivity contribution in [3.63, 3.8) is 0 Å². The van der Waals surface area contributed by atoms with Crippen LogP contribution < -0.4 is 10.1 Å². The average Bonchev–Trinajstić information content (AvgIpc) is 2.29. The molecule has 2 nitrogen and oxygen atoms in total. The maximum atomic E-state index is 6.01. The third-order valence-electron chi connectivity index (χ3n) is 2.73. The van der Waals surface area contributed by atoms with Gasteiger partial charge in [0.1, 0.15) is 5.75 Å². The molecule has 0 radical (unpaired) electrons. The molecule has 0 saturated heterocycles. The van der Waals surface area contributed by atoms with Crippen LogP contribution in [0.1, 0.15) is 25.8 Å². The van der Waals surface area contributed by atoms with Crippen LogP contribution >= 0.6 is 11.6 Å². The Kier molecular flexibility index (Phi) is 6.38. The lowest BCUT2D eigenvalue weighted by atomic mass is 10.0. The van der Waals surface area contributed by atoms with Gasteiger partial charge in [0.25, 0.3) is 0 Å². The van der Waals surface area contributed by atoms with E-state index in [1.54, 1.807) is 7.11 Å². The molecule has 0 bridgehead atoms. The zero-order chi connectivity index (χ0) is 12.7. The number of rotatable bonds is 7. The molecule has 96 valence electrons. The van der Waals surface area contributed by atoms with E-state index in [1.165, 1.54) is 12.0 Å². The lowest BCUT2D eigenvalue weighted by Gasteiger charge is -2.15. The van der Waals surface area contributed by atoms with Gasteiger partial charge in [-0.25, -0.2) is 0 Å². The lowest BCUT2D eigenvalue weighted by molar-refractivity contribution is 0.404. The molecule has 1 N–H and O–H groups in total. The molecule has 0 aliphatic rings. The Labute approximate surface area is 109 Å². The Morgan fingerprint density at radius 2 is 2.18 bits per heavy atom. The van der Waals surface area contributed by atoms with Crippen molar-refractivity contribution in [3.05, 3.63) is 28.8 Å². The van der Waals surface area contributed by atoms with Crippen molar-refractivity contribution in [1.82, 2.24) is 5.32 Å². The molecule has 3 heteroatoms. The van der Waals surface area contributed by atoms with Crippen molar-refractivity contribution in [1.29, 1.82) is 0 Å². The monoisotopic (exact) mass is 255 g/mol. The summed E-state index contributed by atoms with van der Waals surface area (Å²) in [6.07, 6.45) is 2.16. The van der Waals surface area contributed by atoms with Crippen LogP contribution in [0.5, 0.6) is 5.75 Å². The van der Waals surface area contributed by atoms with E-state index in [0.717, 1.165) is 30.3 Å². The van der Waals surface area contributed by atoms with Gasteiger partial charge in [-0.05, 0) is 55.6 Å². The SMILES string of the molecule is CCCNCC(C)Cc1cc(Cl)ccc1OC. The van der Waals surface area contributed by atoms with Gasteiger partial charge in [0.2, 0.25) is 0 Å². The van der Waals surface area contributed by atoms with E-state index in [2.05, 4.69) is 19.2 Å². The van der Waals surface area contributed by atoms with Gasteiger partial charge in [0.05, 0.1) is 7.11 Å². The smallest absolute Gasteiger partial charge is 0.122 e. The molecule has 1 aromatic carbocycles. The lowest BCUT2D eigenvalue weighted by Crippen LogP contribution is -2.23. The van der Waals surface area contributed by atoms with E-state index in [-0.39, 0.29) is 0 Å². The molecule has 0 aromatic heterocycles. The van der Waals surface area contributed by atoms with Gasteiger partial charge in [-0.1, -0.05) is 25.4 Å². The average molecular weight is 256 g/mol. The van der Waals surface area contributed by atoms with Crippen molar-refractivity contribution in [2.24, 2.45) is 5.92 Å². The fourth-order valence-corrected chi connectivity index (χ4v) is 2.07. The molecule has 1 atom stereocenters. The van der Waals surface area contributed by atoms with E-state index in [0.29, 0.717) is 5.92 Å². The fraction of sp³-hybridized carbons (Fsp3) is 0.571. The van der Waals surface area contributed by atoms with Gasteiger partial charge in [-0.2, -0.15) is 0 Å². The van der Waals surface area contributed by atoms with E-state index in [9.17, 15) is 0 Å². The third kappa shape index (κ3) is 4.97. The molecule has 1 aromatic rings. The van der Waals surface area contributed by atoms with Crippen molar-refractivity contribution in [2.45, 2.75) is 26.7 Å². The number of halogens is 1. The second-order valence-electron chi connectivity index (χ2n) is 4.47. The largest absolute Gasteiger partial charge is 0.496 e. The van der Waals surface area contributed by atoms with Crippen molar-refractivity contribution in [3.8, 4) is 5.75 Å². The van der Waals surface area contributed by atoms with Crippen LogP contribution in [0, 0.1) is 5.92 Å². The first-order valence-corrected chi connectivity index (χ1v) is 6.58. The summed E-state index contributed by atoms with van der Waals surface area (Å²) in [4.78, 5) is 0. The first-order valence-electron chi connectivity index (χ1n) is 6.20. The number of hydrogen-bond acceptors (Lipinski definition) is 2. The minimum absolute atomic E-state index is 0.578. The molecule has 1 rings (SSSR count). The first-order chi connectivity index (χ1) is 8.17. The van der Waals surface area contributed by atoms with E-state index in [4.69, 9.17) is 16.3 Å². The van der Waals surface area contributed by atoms with Gasteiger partial charge < -0.3 is 10.1 Å². The van der Waals surface area contributed by atoms with Crippen LogP contribution in [0.15, 0.2) is 18.2 Å². The second kappa shape index (κ2) is 7.57. The second-order valence-corrected chi connectivity index (χ2v) is 4.91. The summed E-state index contributed by atoms with van der Waals surface area (Å²) < 4.78 is 5.35. The fourth-order valence-electron chi connectivity index (χ4n) is 1.88. The highest BCUT2D eigenvalue weighted by molar-refractivity contribution is 6.30. The summed E-state index contributed by atoms with van der Waals surface area (Å²) in [5.41, 5.74) is 1.19. The Morgan fingerprint density at radius 3 is 2.82 bits per heavy atom. The van der Waals surface area contributed by atoms with Gasteiger partial charge in [0, 0.05) is 5.02 Å². The molecule has 0 aliphatic heterocycles. The maximum Gasteiger partial charge on any atom is 0.122 e. The molecular formula is C14H22ClNO. The standard InChI is InChI=1S/C14H22ClNO/c1-4-7-16-10-11(2)8-12-9-13(15)5-6-14(12)17-3/h5-6,9,11,16H,4,7-8,10H2,1-3H3. The summed E-state index contributed by atoms with van der Waals surface area (Å²) in [6.45, 7) is 6.53. The summed E-state index contributed by atoms with van der Waals surface area (Å²) in [6, 6.07) is 5.80. The van der Waals surface area contributed by atoms with Crippen LogP contribution in [0.4, 0.5) is 0 Å². The number of methoxy groups -OCH3 is 1. The normalized spacial score (nSPS) is 12.5. The molecule has 0 spiro atoms.